The molecule has 64 heavy (non-hydrogen) atoms. The average molecular weight is 827 g/mol. The number of furan rings is 2. The minimum absolute atomic E-state index is 0.612. The molecule has 0 amide bonds. The van der Waals surface area contributed by atoms with Crippen molar-refractivity contribution in [1.82, 2.24) is 0 Å². The van der Waals surface area contributed by atoms with Gasteiger partial charge in [0.2, 0.25) is 0 Å². The van der Waals surface area contributed by atoms with E-state index in [0.717, 1.165) is 99.5 Å². The standard InChI is InChI=1S/C58H42N4O2/c1-33-20-49(21-34(2)37(33)5)61(45-14-8-39(32-59)9-15-45)47-16-10-40-26-51-53-30-54-52-27-41-11-17-48(25-43(41)29-56(52)64-58(54)31-57(53)63-55(51)28-42(40)24-47)62(46-18-12-44(60-7)13-19-46)50-22-35(3)38(6)36(4)23-50/h8-31H,1-6H3. The summed E-state index contributed by atoms with van der Waals surface area (Å²) in [4.78, 5) is 8.14. The van der Waals surface area contributed by atoms with Gasteiger partial charge in [-0.15, -0.1) is 0 Å². The van der Waals surface area contributed by atoms with Crippen molar-refractivity contribution in [3.8, 4) is 6.07 Å². The Morgan fingerprint density at radius 1 is 0.406 bits per heavy atom. The van der Waals surface area contributed by atoms with Crippen molar-refractivity contribution in [2.24, 2.45) is 0 Å². The van der Waals surface area contributed by atoms with Crippen LogP contribution in [0.2, 0.25) is 0 Å². The predicted octanol–water partition coefficient (Wildman–Crippen LogP) is 17.0. The minimum Gasteiger partial charge on any atom is -0.456 e. The number of nitriles is 1. The summed E-state index contributed by atoms with van der Waals surface area (Å²) in [7, 11) is 0. The monoisotopic (exact) mass is 826 g/mol. The summed E-state index contributed by atoms with van der Waals surface area (Å²) < 4.78 is 13.2. The van der Waals surface area contributed by atoms with Crippen molar-refractivity contribution < 1.29 is 8.83 Å². The maximum Gasteiger partial charge on any atom is 0.187 e. The van der Waals surface area contributed by atoms with Crippen molar-refractivity contribution in [2.45, 2.75) is 41.5 Å². The fraction of sp³-hybridized carbons (Fsp3) is 0.103. The van der Waals surface area contributed by atoms with Crippen molar-refractivity contribution in [3.05, 3.63) is 196 Å². The first-order chi connectivity index (χ1) is 31.0. The normalized spacial score (nSPS) is 11.6. The van der Waals surface area contributed by atoms with E-state index in [-0.39, 0.29) is 0 Å². The lowest BCUT2D eigenvalue weighted by molar-refractivity contribution is 0.656. The first-order valence-electron chi connectivity index (χ1n) is 21.5. The van der Waals surface area contributed by atoms with E-state index in [0.29, 0.717) is 11.3 Å². The summed E-state index contributed by atoms with van der Waals surface area (Å²) in [6.45, 7) is 20.5. The Balaban J connectivity index is 1.00. The van der Waals surface area contributed by atoms with E-state index in [2.05, 4.69) is 153 Å². The largest absolute Gasteiger partial charge is 0.456 e. The van der Waals surface area contributed by atoms with Gasteiger partial charge in [-0.3, -0.25) is 0 Å². The molecule has 0 saturated heterocycles. The van der Waals surface area contributed by atoms with Crippen molar-refractivity contribution in [3.63, 3.8) is 0 Å². The number of nitrogens with zero attached hydrogens (tertiary/aromatic N) is 4. The first kappa shape index (κ1) is 38.6. The van der Waals surface area contributed by atoms with Crippen LogP contribution < -0.4 is 9.80 Å². The number of hydrogen-bond donors (Lipinski definition) is 0. The lowest BCUT2D eigenvalue weighted by Crippen LogP contribution is -2.11. The van der Waals surface area contributed by atoms with Crippen LogP contribution in [0.4, 0.5) is 39.8 Å². The van der Waals surface area contributed by atoms with Crippen LogP contribution in [0.1, 0.15) is 38.9 Å². The maximum absolute atomic E-state index is 9.52. The molecule has 0 aliphatic rings. The SMILES string of the molecule is [C-]#[N+]c1ccc(N(c2cc(C)c(C)c(C)c2)c2ccc3cc4c(cc3c2)oc2cc3oc5cc6cc(N(c7ccc(C#N)cc7)c7cc(C)c(C)c(C)c7)ccc6cc5c3cc24)cc1. The Labute approximate surface area is 371 Å². The molecule has 0 aliphatic carbocycles. The van der Waals surface area contributed by atoms with Gasteiger partial charge in [0.1, 0.15) is 22.3 Å². The third-order valence-electron chi connectivity index (χ3n) is 13.3. The zero-order valence-corrected chi connectivity index (χ0v) is 36.5. The quantitative estimate of drug-likeness (QED) is 0.156. The smallest absolute Gasteiger partial charge is 0.187 e. The second-order valence-electron chi connectivity index (χ2n) is 17.2. The van der Waals surface area contributed by atoms with Gasteiger partial charge in [-0.1, -0.05) is 24.3 Å². The number of fused-ring (bicyclic) bond motifs is 8. The molecule has 11 aromatic rings. The van der Waals surface area contributed by atoms with Gasteiger partial charge in [0, 0.05) is 61.7 Å². The van der Waals surface area contributed by atoms with E-state index in [9.17, 15) is 5.26 Å². The van der Waals surface area contributed by atoms with Crippen LogP contribution in [0.3, 0.4) is 0 Å². The van der Waals surface area contributed by atoms with Gasteiger partial charge in [0.15, 0.2) is 5.69 Å². The number of aryl methyl sites for hydroxylation is 4. The molecule has 0 unspecified atom stereocenters. The topological polar surface area (TPSA) is 60.9 Å². The number of hydrogen-bond acceptors (Lipinski definition) is 5. The lowest BCUT2D eigenvalue weighted by Gasteiger charge is -2.27. The van der Waals surface area contributed by atoms with Gasteiger partial charge >= 0.3 is 0 Å². The third kappa shape index (κ3) is 6.31. The zero-order chi connectivity index (χ0) is 44.0. The van der Waals surface area contributed by atoms with Crippen LogP contribution in [0.5, 0.6) is 0 Å². The lowest BCUT2D eigenvalue weighted by atomic mass is 10.0. The average Bonchev–Trinajstić information content (AvgIpc) is 3.83. The third-order valence-corrected chi connectivity index (χ3v) is 13.3. The van der Waals surface area contributed by atoms with Gasteiger partial charge in [-0.25, -0.2) is 4.85 Å². The molecule has 0 atom stereocenters. The summed E-state index contributed by atoms with van der Waals surface area (Å²) in [6, 6.07) is 52.9. The summed E-state index contributed by atoms with van der Waals surface area (Å²) >= 11 is 0. The number of rotatable bonds is 6. The van der Waals surface area contributed by atoms with Crippen molar-refractivity contribution in [2.75, 3.05) is 9.80 Å². The molecule has 0 spiro atoms. The Morgan fingerprint density at radius 3 is 1.22 bits per heavy atom. The minimum atomic E-state index is 0.612. The molecule has 6 heteroatoms. The highest BCUT2D eigenvalue weighted by Gasteiger charge is 2.20. The molecular weight excluding hydrogens is 785 g/mol. The van der Waals surface area contributed by atoms with Crippen LogP contribution in [0.15, 0.2) is 154 Å². The highest BCUT2D eigenvalue weighted by Crippen LogP contribution is 2.43. The highest BCUT2D eigenvalue weighted by atomic mass is 16.3. The van der Waals surface area contributed by atoms with Gasteiger partial charge in [0.05, 0.1) is 18.2 Å². The second-order valence-corrected chi connectivity index (χ2v) is 17.2. The molecule has 11 rings (SSSR count). The molecule has 9 aromatic carbocycles. The zero-order valence-electron chi connectivity index (χ0n) is 36.5. The summed E-state index contributed by atoms with van der Waals surface area (Å²) in [6.07, 6.45) is 0. The Bertz CT molecular complexity index is 3530. The van der Waals surface area contributed by atoms with E-state index in [1.165, 1.54) is 33.4 Å². The van der Waals surface area contributed by atoms with Crippen LogP contribution >= 0.6 is 0 Å². The molecule has 2 heterocycles. The summed E-state index contributed by atoms with van der Waals surface area (Å²) in [5.74, 6) is 0. The molecule has 2 aromatic heterocycles. The molecule has 0 fully saturated rings. The molecule has 0 bridgehead atoms. The van der Waals surface area contributed by atoms with Crippen LogP contribution in [0, 0.1) is 59.4 Å². The van der Waals surface area contributed by atoms with E-state index in [1.54, 1.807) is 0 Å². The van der Waals surface area contributed by atoms with Gasteiger partial charge in [0.25, 0.3) is 0 Å². The van der Waals surface area contributed by atoms with E-state index < -0.39 is 0 Å². The van der Waals surface area contributed by atoms with Gasteiger partial charge < -0.3 is 18.6 Å². The Morgan fingerprint density at radius 2 is 0.797 bits per heavy atom. The highest BCUT2D eigenvalue weighted by molar-refractivity contribution is 6.18. The molecule has 0 N–H and O–H groups in total. The maximum atomic E-state index is 9.52. The van der Waals surface area contributed by atoms with Gasteiger partial charge in [-0.05, 0) is 212 Å². The van der Waals surface area contributed by atoms with Gasteiger partial charge in [-0.2, -0.15) is 5.26 Å². The summed E-state index contributed by atoms with van der Waals surface area (Å²) in [5.41, 5.74) is 18.0. The van der Waals surface area contributed by atoms with Crippen LogP contribution in [-0.4, -0.2) is 0 Å². The molecule has 0 saturated carbocycles. The van der Waals surface area contributed by atoms with Crippen LogP contribution in [-0.2, 0) is 0 Å². The number of anilines is 6. The molecule has 306 valence electrons. The molecule has 0 radical (unpaired) electrons. The predicted molar refractivity (Wildman–Crippen MR) is 265 cm³/mol. The Hall–Kier alpha value is -8.32. The number of benzene rings is 9. The van der Waals surface area contributed by atoms with E-state index in [1.807, 2.05) is 54.6 Å². The molecule has 0 aliphatic heterocycles. The van der Waals surface area contributed by atoms with Crippen molar-refractivity contribution >= 4 is 105 Å². The molecular formula is C58H42N4O2. The van der Waals surface area contributed by atoms with E-state index >= 15 is 0 Å². The van der Waals surface area contributed by atoms with Crippen LogP contribution in [0.25, 0.3) is 70.3 Å². The Kier molecular flexibility index (Phi) is 8.84. The second kappa shape index (κ2) is 14.7. The van der Waals surface area contributed by atoms with E-state index in [4.69, 9.17) is 15.4 Å². The fourth-order valence-corrected chi connectivity index (χ4v) is 9.32. The first-order valence-corrected chi connectivity index (χ1v) is 21.5. The molecule has 6 nitrogen and oxygen atoms in total. The summed E-state index contributed by atoms with van der Waals surface area (Å²) in [5, 5.41) is 18.1. The van der Waals surface area contributed by atoms with Crippen molar-refractivity contribution in [1.29, 1.82) is 5.26 Å². The fourth-order valence-electron chi connectivity index (χ4n) is 9.32.